The molecule has 4 heavy (non-hydrogen) atoms. The van der Waals surface area contributed by atoms with Crippen LogP contribution in [0.3, 0.4) is 0 Å². The molecule has 21 valence electrons. The molecule has 0 heterocycles. The van der Waals surface area contributed by atoms with Crippen LogP contribution < -0.4 is 0 Å². The molecule has 0 aliphatic carbocycles. The maximum absolute atomic E-state index is 7.56. The van der Waals surface area contributed by atoms with E-state index in [0.29, 0.717) is 0 Å². The van der Waals surface area contributed by atoms with Gasteiger partial charge >= 0.3 is 35.9 Å². The summed E-state index contributed by atoms with van der Waals surface area (Å²) < 4.78 is 0. The summed E-state index contributed by atoms with van der Waals surface area (Å²) >= 11 is 2.45. The Labute approximate surface area is 36.5 Å². The van der Waals surface area contributed by atoms with E-state index < -0.39 is 0 Å². The quantitative estimate of drug-likeness (QED) is 0.428. The Kier molecular flexibility index (Phi) is 3.69. The van der Waals surface area contributed by atoms with E-state index in [4.69, 9.17) is 5.26 Å². The van der Waals surface area contributed by atoms with Gasteiger partial charge in [-0.1, -0.05) is 0 Å². The van der Waals surface area contributed by atoms with Crippen LogP contribution in [0.1, 0.15) is 0 Å². The molecule has 0 N–H and O–H groups in total. The Morgan fingerprint density at radius 2 is 2.25 bits per heavy atom. The van der Waals surface area contributed by atoms with Crippen molar-refractivity contribution >= 4 is 10.1 Å². The monoisotopic (exact) mass is 110 g/mol. The molecule has 0 amide bonds. The van der Waals surface area contributed by atoms with Crippen molar-refractivity contribution in [3.8, 4) is 5.40 Å². The molecular weight excluding hydrogens is 110 g/mol. The molecule has 0 rings (SSSR count). The molecule has 0 saturated carbocycles. The van der Waals surface area contributed by atoms with Gasteiger partial charge in [-0.3, -0.25) is 0 Å². The molecule has 0 aliphatic rings. The number of rotatable bonds is 0. The predicted octanol–water partition coefficient (Wildman–Crippen LogP) is 0.662. The molecule has 0 aromatic rings. The summed E-state index contributed by atoms with van der Waals surface area (Å²) in [7, 11) is 1.04. The molecule has 0 fully saturated rings. The second-order valence-electron chi connectivity index (χ2n) is 0.175. The van der Waals surface area contributed by atoms with Crippen LogP contribution in [-0.4, -0.2) is 0 Å². The van der Waals surface area contributed by atoms with E-state index in [1.165, 1.54) is 0 Å². The van der Waals surface area contributed by atoms with Gasteiger partial charge in [-0.2, -0.15) is 0 Å². The fourth-order valence-electron chi connectivity index (χ4n) is 0. The van der Waals surface area contributed by atoms with Crippen molar-refractivity contribution in [3.63, 3.8) is 0 Å². The molecule has 3 heteroatoms. The van der Waals surface area contributed by atoms with E-state index in [1.54, 1.807) is 5.40 Å². The first-order valence-corrected chi connectivity index (χ1v) is 2.90. The summed E-state index contributed by atoms with van der Waals surface area (Å²) in [5.41, 5.74) is 0. The molecule has 1 nitrogen and oxygen atoms in total. The normalized spacial score (nSPS) is 4.75. The molecule has 0 bridgehead atoms. The molecular formula is CCrNS. The molecule has 0 radical (unpaired) electrons. The van der Waals surface area contributed by atoms with Gasteiger partial charge in [-0.25, -0.2) is 0 Å². The van der Waals surface area contributed by atoms with E-state index in [9.17, 15) is 0 Å². The Hall–Kier alpha value is 0.372. The topological polar surface area (TPSA) is 23.8 Å². The van der Waals surface area contributed by atoms with Gasteiger partial charge in [-0.05, 0) is 0 Å². The number of hydrogen-bond donors (Lipinski definition) is 0. The van der Waals surface area contributed by atoms with E-state index in [1.807, 2.05) is 0 Å². The maximum atomic E-state index is 7.56. The van der Waals surface area contributed by atoms with Crippen molar-refractivity contribution in [1.82, 2.24) is 0 Å². The number of thiocyanates is 1. The van der Waals surface area contributed by atoms with Crippen molar-refractivity contribution in [2.24, 2.45) is 0 Å². The zero-order valence-electron chi connectivity index (χ0n) is 1.76. The second kappa shape index (κ2) is 3.37. The standard InChI is InChI=1S/CHNS.Cr/c2-1-3;/h3H;/q;+1/p-1. The van der Waals surface area contributed by atoms with Crippen LogP contribution in [0.5, 0.6) is 0 Å². The van der Waals surface area contributed by atoms with Gasteiger partial charge in [0.2, 0.25) is 0 Å². The molecule has 0 aliphatic heterocycles. The summed E-state index contributed by atoms with van der Waals surface area (Å²) in [6, 6.07) is 0. The van der Waals surface area contributed by atoms with E-state index in [2.05, 4.69) is 15.2 Å². The van der Waals surface area contributed by atoms with Crippen LogP contribution in [0.2, 0.25) is 0 Å². The average Bonchev–Trinajstić information content (AvgIpc) is 1.37. The fraction of sp³-hybridized carbons (Fsp3) is 0. The number of hydrogen-bond acceptors (Lipinski definition) is 2. The van der Waals surface area contributed by atoms with Crippen molar-refractivity contribution in [1.29, 1.82) is 5.26 Å². The van der Waals surface area contributed by atoms with Crippen molar-refractivity contribution in [2.75, 3.05) is 0 Å². The third-order valence-electron chi connectivity index (χ3n) is 0.0373. The second-order valence-corrected chi connectivity index (χ2v) is 1.30. The summed E-state index contributed by atoms with van der Waals surface area (Å²) in [6.07, 6.45) is 0. The first kappa shape index (κ1) is 4.37. The van der Waals surface area contributed by atoms with E-state index >= 15 is 0 Å². The van der Waals surface area contributed by atoms with Crippen LogP contribution >= 0.6 is 10.1 Å². The SMILES string of the molecule is N#C[S][Cr]. The molecule has 0 spiro atoms. The van der Waals surface area contributed by atoms with E-state index in [-0.39, 0.29) is 0 Å². The predicted molar refractivity (Wildman–Crippen MR) is 13.2 cm³/mol. The van der Waals surface area contributed by atoms with Crippen LogP contribution in [-0.2, 0) is 15.2 Å². The Balaban J connectivity index is 2.43. The third-order valence-corrected chi connectivity index (χ3v) is 0.461. The minimum absolute atomic E-state index is 1.04. The average molecular weight is 110 g/mol. The van der Waals surface area contributed by atoms with E-state index in [0.717, 1.165) is 10.1 Å². The number of nitriles is 1. The van der Waals surface area contributed by atoms with Gasteiger partial charge in [0, 0.05) is 0 Å². The summed E-state index contributed by atoms with van der Waals surface area (Å²) in [6.45, 7) is 0. The van der Waals surface area contributed by atoms with Gasteiger partial charge in [-0.15, -0.1) is 0 Å². The number of nitrogens with zero attached hydrogens (tertiary/aromatic N) is 1. The molecule has 0 aromatic carbocycles. The Bertz CT molecular complexity index is 37.8. The van der Waals surface area contributed by atoms with Crippen LogP contribution in [0.15, 0.2) is 0 Å². The zero-order valence-corrected chi connectivity index (χ0v) is 3.86. The summed E-state index contributed by atoms with van der Waals surface area (Å²) in [4.78, 5) is 0. The van der Waals surface area contributed by atoms with Crippen LogP contribution in [0.4, 0.5) is 0 Å². The summed E-state index contributed by atoms with van der Waals surface area (Å²) in [5.74, 6) is 0. The van der Waals surface area contributed by atoms with Crippen LogP contribution in [0.25, 0.3) is 0 Å². The Morgan fingerprint density at radius 1 is 2.00 bits per heavy atom. The molecule has 0 atom stereocenters. The minimum atomic E-state index is 1.04. The Morgan fingerprint density at radius 3 is 2.25 bits per heavy atom. The molecule has 0 aromatic heterocycles. The zero-order chi connectivity index (χ0) is 3.41. The molecule has 0 saturated heterocycles. The van der Waals surface area contributed by atoms with Crippen molar-refractivity contribution < 1.29 is 15.2 Å². The first-order valence-electron chi connectivity index (χ1n) is 0.594. The van der Waals surface area contributed by atoms with Gasteiger partial charge in [0.15, 0.2) is 0 Å². The van der Waals surface area contributed by atoms with Gasteiger partial charge in [0.05, 0.1) is 0 Å². The summed E-state index contributed by atoms with van der Waals surface area (Å²) in [5, 5.41) is 9.35. The van der Waals surface area contributed by atoms with Gasteiger partial charge in [0.25, 0.3) is 0 Å². The molecule has 0 unspecified atom stereocenters. The van der Waals surface area contributed by atoms with Crippen molar-refractivity contribution in [3.05, 3.63) is 0 Å². The van der Waals surface area contributed by atoms with Gasteiger partial charge in [0.1, 0.15) is 0 Å². The first-order chi connectivity index (χ1) is 1.91. The third kappa shape index (κ3) is 2.37. The van der Waals surface area contributed by atoms with Crippen molar-refractivity contribution in [2.45, 2.75) is 0 Å². The fourth-order valence-corrected chi connectivity index (χ4v) is 0. The van der Waals surface area contributed by atoms with Gasteiger partial charge < -0.3 is 0 Å². The van der Waals surface area contributed by atoms with Crippen LogP contribution in [0, 0.1) is 10.7 Å².